The highest BCUT2D eigenvalue weighted by Crippen LogP contribution is 2.15. The molecule has 0 spiro atoms. The number of aromatic nitrogens is 1. The zero-order chi connectivity index (χ0) is 16.1. The Balaban J connectivity index is 1.93. The largest absolute Gasteiger partial charge is 0.452 e. The number of nitrogens with one attached hydrogen (secondary N) is 1. The first-order chi connectivity index (χ1) is 10.5. The number of pyridine rings is 1. The van der Waals surface area contributed by atoms with Crippen molar-refractivity contribution in [2.45, 2.75) is 0 Å². The Labute approximate surface area is 128 Å². The number of carbonyl (C=O) groups excluding carboxylic acids is 2. The minimum Gasteiger partial charge on any atom is -0.452 e. The van der Waals surface area contributed by atoms with Gasteiger partial charge in [0.2, 0.25) is 0 Å². The Morgan fingerprint density at radius 1 is 1.23 bits per heavy atom. The number of hydrogen-bond acceptors (Lipinski definition) is 4. The van der Waals surface area contributed by atoms with Crippen LogP contribution < -0.4 is 5.32 Å². The second kappa shape index (κ2) is 6.95. The highest BCUT2D eigenvalue weighted by atomic mass is 35.5. The first kappa shape index (κ1) is 15.8. The quantitative estimate of drug-likeness (QED) is 0.693. The first-order valence-electron chi connectivity index (χ1n) is 5.99. The van der Waals surface area contributed by atoms with Crippen molar-refractivity contribution in [2.24, 2.45) is 0 Å². The predicted octanol–water partition coefficient (Wildman–Crippen LogP) is 2.81. The molecule has 8 heteroatoms. The molecular weight excluding hydrogens is 318 g/mol. The number of halogens is 3. The number of hydrogen-bond donors (Lipinski definition) is 1. The molecule has 0 atom stereocenters. The number of amides is 1. The summed E-state index contributed by atoms with van der Waals surface area (Å²) in [5, 5.41) is 2.20. The van der Waals surface area contributed by atoms with E-state index in [1.54, 1.807) is 0 Å². The van der Waals surface area contributed by atoms with Crippen LogP contribution in [0.4, 0.5) is 14.5 Å². The normalized spacial score (nSPS) is 10.1. The van der Waals surface area contributed by atoms with Crippen molar-refractivity contribution in [3.05, 3.63) is 58.9 Å². The topological polar surface area (TPSA) is 68.3 Å². The number of nitrogens with zero attached hydrogens (tertiary/aromatic N) is 1. The molecule has 0 fully saturated rings. The standard InChI is InChI=1S/C14H9ClF2N2O3/c15-12-5-8(3-4-18-12)14(21)22-7-13(20)19-11-6-9(16)1-2-10(11)17/h1-6H,7H2,(H,19,20). The van der Waals surface area contributed by atoms with E-state index in [1.165, 1.54) is 18.3 Å². The molecule has 0 saturated heterocycles. The van der Waals surface area contributed by atoms with Crippen molar-refractivity contribution in [2.75, 3.05) is 11.9 Å². The van der Waals surface area contributed by atoms with Crippen molar-refractivity contribution in [1.29, 1.82) is 0 Å². The Morgan fingerprint density at radius 2 is 2.00 bits per heavy atom. The van der Waals surface area contributed by atoms with Gasteiger partial charge in [-0.15, -0.1) is 0 Å². The SMILES string of the molecule is O=C(COC(=O)c1ccnc(Cl)c1)Nc1cc(F)ccc1F. The molecule has 0 aliphatic heterocycles. The maximum atomic E-state index is 13.3. The Morgan fingerprint density at radius 3 is 2.73 bits per heavy atom. The van der Waals surface area contributed by atoms with Crippen molar-refractivity contribution in [1.82, 2.24) is 4.98 Å². The van der Waals surface area contributed by atoms with Gasteiger partial charge in [-0.1, -0.05) is 11.6 Å². The smallest absolute Gasteiger partial charge is 0.338 e. The second-order valence-electron chi connectivity index (χ2n) is 4.12. The van der Waals surface area contributed by atoms with Gasteiger partial charge >= 0.3 is 5.97 Å². The number of carbonyl (C=O) groups is 2. The van der Waals surface area contributed by atoms with Crippen molar-refractivity contribution in [3.63, 3.8) is 0 Å². The summed E-state index contributed by atoms with van der Waals surface area (Å²) in [6.07, 6.45) is 1.31. The lowest BCUT2D eigenvalue weighted by Gasteiger charge is -2.07. The zero-order valence-corrected chi connectivity index (χ0v) is 11.7. The fourth-order valence-electron chi connectivity index (χ4n) is 1.52. The molecule has 2 aromatic rings. The molecule has 0 unspecified atom stereocenters. The molecule has 1 aromatic heterocycles. The van der Waals surface area contributed by atoms with Crippen molar-refractivity contribution < 1.29 is 23.1 Å². The molecular formula is C14H9ClF2N2O3. The fraction of sp³-hybridized carbons (Fsp3) is 0.0714. The van der Waals surface area contributed by atoms with Crippen LogP contribution in [0, 0.1) is 11.6 Å². The van der Waals surface area contributed by atoms with Gasteiger partial charge in [0, 0.05) is 12.3 Å². The number of rotatable bonds is 4. The molecule has 114 valence electrons. The van der Waals surface area contributed by atoms with Gasteiger partial charge < -0.3 is 10.1 Å². The lowest BCUT2D eigenvalue weighted by atomic mass is 10.3. The summed E-state index contributed by atoms with van der Waals surface area (Å²) in [6.45, 7) is -0.658. The summed E-state index contributed by atoms with van der Waals surface area (Å²) >= 11 is 5.62. The molecule has 0 bridgehead atoms. The molecule has 0 radical (unpaired) electrons. The van der Waals surface area contributed by atoms with E-state index < -0.39 is 30.1 Å². The molecule has 2 rings (SSSR count). The highest BCUT2D eigenvalue weighted by Gasteiger charge is 2.13. The van der Waals surface area contributed by atoms with Crippen LogP contribution in [0.1, 0.15) is 10.4 Å². The maximum Gasteiger partial charge on any atom is 0.338 e. The van der Waals surface area contributed by atoms with Gasteiger partial charge in [-0.25, -0.2) is 18.6 Å². The average molecular weight is 327 g/mol. The van der Waals surface area contributed by atoms with E-state index in [0.717, 1.165) is 18.2 Å². The number of benzene rings is 1. The minimum absolute atomic E-state index is 0.0979. The van der Waals surface area contributed by atoms with Crippen LogP contribution >= 0.6 is 11.6 Å². The summed E-state index contributed by atoms with van der Waals surface area (Å²) in [5.41, 5.74) is -0.224. The summed E-state index contributed by atoms with van der Waals surface area (Å²) in [7, 11) is 0. The van der Waals surface area contributed by atoms with Crippen LogP contribution in [-0.4, -0.2) is 23.5 Å². The van der Waals surface area contributed by atoms with Gasteiger partial charge in [0.25, 0.3) is 5.91 Å². The predicted molar refractivity (Wildman–Crippen MR) is 74.5 cm³/mol. The molecule has 5 nitrogen and oxygen atoms in total. The Bertz CT molecular complexity index is 725. The van der Waals surface area contributed by atoms with E-state index in [0.29, 0.717) is 0 Å². The third-order valence-corrected chi connectivity index (χ3v) is 2.71. The van der Waals surface area contributed by atoms with E-state index in [-0.39, 0.29) is 16.4 Å². The minimum atomic E-state index is -0.807. The van der Waals surface area contributed by atoms with Crippen molar-refractivity contribution in [3.8, 4) is 0 Å². The lowest BCUT2D eigenvalue weighted by molar-refractivity contribution is -0.119. The third-order valence-electron chi connectivity index (χ3n) is 2.50. The van der Waals surface area contributed by atoms with Gasteiger partial charge in [-0.3, -0.25) is 4.79 Å². The van der Waals surface area contributed by atoms with E-state index in [2.05, 4.69) is 10.3 Å². The molecule has 0 saturated carbocycles. The summed E-state index contributed by atoms with van der Waals surface area (Å²) < 4.78 is 31.0. The van der Waals surface area contributed by atoms with Crippen LogP contribution in [0.25, 0.3) is 0 Å². The molecule has 0 aliphatic carbocycles. The van der Waals surface area contributed by atoms with E-state index >= 15 is 0 Å². The summed E-state index contributed by atoms with van der Waals surface area (Å²) in [4.78, 5) is 26.9. The second-order valence-corrected chi connectivity index (χ2v) is 4.50. The van der Waals surface area contributed by atoms with Gasteiger partial charge in [-0.2, -0.15) is 0 Å². The fourth-order valence-corrected chi connectivity index (χ4v) is 1.70. The van der Waals surface area contributed by atoms with Gasteiger partial charge in [0.1, 0.15) is 16.8 Å². The summed E-state index contributed by atoms with van der Waals surface area (Å²) in [5.74, 6) is -3.11. The van der Waals surface area contributed by atoms with Crippen LogP contribution in [0.15, 0.2) is 36.5 Å². The molecule has 22 heavy (non-hydrogen) atoms. The van der Waals surface area contributed by atoms with Gasteiger partial charge in [0.15, 0.2) is 6.61 Å². The van der Waals surface area contributed by atoms with Gasteiger partial charge in [-0.05, 0) is 24.3 Å². The maximum absolute atomic E-state index is 13.3. The van der Waals surface area contributed by atoms with Crippen LogP contribution in [0.2, 0.25) is 5.15 Å². The van der Waals surface area contributed by atoms with Crippen molar-refractivity contribution >= 4 is 29.2 Å². The van der Waals surface area contributed by atoms with Crippen LogP contribution in [-0.2, 0) is 9.53 Å². The zero-order valence-electron chi connectivity index (χ0n) is 11.0. The van der Waals surface area contributed by atoms with Crippen LogP contribution in [0.5, 0.6) is 0 Å². The van der Waals surface area contributed by atoms with Gasteiger partial charge in [0.05, 0.1) is 11.3 Å². The third kappa shape index (κ3) is 4.23. The number of anilines is 1. The highest BCUT2D eigenvalue weighted by molar-refractivity contribution is 6.29. The van der Waals surface area contributed by atoms with Crippen LogP contribution in [0.3, 0.4) is 0 Å². The average Bonchev–Trinajstić information content (AvgIpc) is 2.48. The lowest BCUT2D eigenvalue weighted by Crippen LogP contribution is -2.21. The molecule has 1 N–H and O–H groups in total. The van der Waals surface area contributed by atoms with E-state index in [1.807, 2.05) is 0 Å². The first-order valence-corrected chi connectivity index (χ1v) is 6.37. The summed E-state index contributed by atoms with van der Waals surface area (Å²) in [6, 6.07) is 5.23. The monoisotopic (exact) mass is 326 g/mol. The van der Waals surface area contributed by atoms with E-state index in [4.69, 9.17) is 16.3 Å². The Hall–Kier alpha value is -2.54. The number of esters is 1. The molecule has 1 aromatic carbocycles. The van der Waals surface area contributed by atoms with E-state index in [9.17, 15) is 18.4 Å². The molecule has 0 aliphatic rings. The molecule has 1 heterocycles. The molecule has 1 amide bonds. The Kier molecular flexibility index (Phi) is 5.00. The number of ether oxygens (including phenoxy) is 1.